The molecule has 0 spiro atoms. The second-order valence-corrected chi connectivity index (χ2v) is 9.47. The molecule has 0 saturated carbocycles. The van der Waals surface area contributed by atoms with E-state index in [-0.39, 0.29) is 10.7 Å². The fourth-order valence-corrected chi connectivity index (χ4v) is 4.68. The minimum absolute atomic E-state index is 0.268. The molecule has 2 fully saturated rings. The largest absolute Gasteiger partial charge is 0.352 e. The minimum atomic E-state index is 0.268. The highest BCUT2D eigenvalue weighted by atomic mass is 32.2. The number of guanidine groups is 1. The van der Waals surface area contributed by atoms with Gasteiger partial charge in [-0.25, -0.2) is 0 Å². The van der Waals surface area contributed by atoms with Crippen LogP contribution in [0.5, 0.6) is 0 Å². The number of carbonyl (C=O) groups is 1. The van der Waals surface area contributed by atoms with E-state index in [4.69, 9.17) is 0 Å². The zero-order valence-electron chi connectivity index (χ0n) is 16.1. The Kier molecular flexibility index (Phi) is 6.12. The number of hydrogen-bond acceptors (Lipinski definition) is 3. The number of hydrogen-bond donors (Lipinski definition) is 1. The van der Waals surface area contributed by atoms with Gasteiger partial charge in [-0.05, 0) is 31.4 Å². The number of carbonyl (C=O) groups excluding carboxylic acids is 1. The van der Waals surface area contributed by atoms with Crippen molar-refractivity contribution in [1.82, 2.24) is 15.1 Å². The molecule has 0 atom stereocenters. The molecule has 0 aliphatic carbocycles. The lowest BCUT2D eigenvalue weighted by Gasteiger charge is -2.39. The van der Waals surface area contributed by atoms with Gasteiger partial charge < -0.3 is 15.1 Å². The first-order valence-corrected chi connectivity index (χ1v) is 10.4. The molecule has 1 aromatic carbocycles. The van der Waals surface area contributed by atoms with Gasteiger partial charge in [0.2, 0.25) is 5.91 Å². The monoisotopic (exact) mass is 374 g/mol. The first kappa shape index (κ1) is 19.1. The highest BCUT2D eigenvalue weighted by molar-refractivity contribution is 8.00. The number of likely N-dealkylation sites (tertiary alicyclic amines) is 1. The molecule has 1 aromatic rings. The molecule has 0 bridgehead atoms. The minimum Gasteiger partial charge on any atom is -0.352 e. The van der Waals surface area contributed by atoms with Crippen LogP contribution in [0.15, 0.2) is 29.3 Å². The molecule has 3 rings (SSSR count). The molecule has 0 radical (unpaired) electrons. The molecule has 6 heteroatoms. The molecule has 0 aromatic heterocycles. The molecule has 5 nitrogen and oxygen atoms in total. The lowest BCUT2D eigenvalue weighted by molar-refractivity contribution is -0.128. The van der Waals surface area contributed by atoms with Crippen LogP contribution in [0.3, 0.4) is 0 Å². The molecule has 142 valence electrons. The molecular formula is C20H30N4OS. The summed E-state index contributed by atoms with van der Waals surface area (Å²) in [5.74, 6) is 2.39. The zero-order valence-corrected chi connectivity index (χ0v) is 16.9. The molecule has 2 saturated heterocycles. The van der Waals surface area contributed by atoms with Crippen LogP contribution in [0.2, 0.25) is 0 Å². The first-order chi connectivity index (χ1) is 12.5. The SMILES string of the molecule is CN=C(NCc1ccc(CN2CCCC2=O)cc1)N1CCSC(C)(C)C1. The van der Waals surface area contributed by atoms with Gasteiger partial charge in [0.05, 0.1) is 0 Å². The Morgan fingerprint density at radius 3 is 2.58 bits per heavy atom. The zero-order chi connectivity index (χ0) is 18.6. The molecule has 2 heterocycles. The van der Waals surface area contributed by atoms with E-state index < -0.39 is 0 Å². The number of amides is 1. The van der Waals surface area contributed by atoms with E-state index in [1.165, 1.54) is 11.1 Å². The van der Waals surface area contributed by atoms with Gasteiger partial charge in [-0.15, -0.1) is 0 Å². The van der Waals surface area contributed by atoms with Gasteiger partial charge in [-0.3, -0.25) is 9.79 Å². The summed E-state index contributed by atoms with van der Waals surface area (Å²) >= 11 is 2.03. The van der Waals surface area contributed by atoms with E-state index >= 15 is 0 Å². The number of nitrogens with one attached hydrogen (secondary N) is 1. The van der Waals surface area contributed by atoms with Crippen LogP contribution in [0.4, 0.5) is 0 Å². The number of nitrogens with zero attached hydrogens (tertiary/aromatic N) is 3. The topological polar surface area (TPSA) is 47.9 Å². The Hall–Kier alpha value is -1.69. The van der Waals surface area contributed by atoms with Crippen LogP contribution in [-0.2, 0) is 17.9 Å². The maximum atomic E-state index is 11.7. The maximum absolute atomic E-state index is 11.7. The van der Waals surface area contributed by atoms with Crippen molar-refractivity contribution in [3.8, 4) is 0 Å². The molecule has 2 aliphatic heterocycles. The summed E-state index contributed by atoms with van der Waals surface area (Å²) in [7, 11) is 1.85. The van der Waals surface area contributed by atoms with Gasteiger partial charge in [0.1, 0.15) is 0 Å². The number of benzene rings is 1. The van der Waals surface area contributed by atoms with Crippen molar-refractivity contribution in [2.75, 3.05) is 32.4 Å². The molecule has 0 unspecified atom stereocenters. The van der Waals surface area contributed by atoms with Gasteiger partial charge in [-0.1, -0.05) is 24.3 Å². The van der Waals surface area contributed by atoms with Gasteiger partial charge in [0, 0.05) is 56.7 Å². The van der Waals surface area contributed by atoms with Crippen molar-refractivity contribution < 1.29 is 4.79 Å². The second-order valence-electron chi connectivity index (χ2n) is 7.67. The van der Waals surface area contributed by atoms with E-state index in [9.17, 15) is 4.79 Å². The number of thioether (sulfide) groups is 1. The highest BCUT2D eigenvalue weighted by Gasteiger charge is 2.28. The van der Waals surface area contributed by atoms with E-state index in [0.717, 1.165) is 50.9 Å². The second kappa shape index (κ2) is 8.33. The summed E-state index contributed by atoms with van der Waals surface area (Å²) in [5, 5.41) is 3.49. The molecule has 1 amide bonds. The van der Waals surface area contributed by atoms with Crippen molar-refractivity contribution in [2.24, 2.45) is 4.99 Å². The number of aliphatic imine (C=N–C) groups is 1. The van der Waals surface area contributed by atoms with E-state index in [2.05, 4.69) is 53.3 Å². The van der Waals surface area contributed by atoms with Gasteiger partial charge >= 0.3 is 0 Å². The average Bonchev–Trinajstić information content (AvgIpc) is 3.01. The van der Waals surface area contributed by atoms with Gasteiger partial charge in [-0.2, -0.15) is 11.8 Å². The van der Waals surface area contributed by atoms with Gasteiger partial charge in [0.25, 0.3) is 0 Å². The van der Waals surface area contributed by atoms with E-state index in [0.29, 0.717) is 6.42 Å². The fraction of sp³-hybridized carbons (Fsp3) is 0.600. The Labute approximate surface area is 161 Å². The van der Waals surface area contributed by atoms with Crippen molar-refractivity contribution >= 4 is 23.6 Å². The van der Waals surface area contributed by atoms with Crippen LogP contribution in [-0.4, -0.2) is 58.8 Å². The predicted octanol–water partition coefficient (Wildman–Crippen LogP) is 2.71. The molecular weight excluding hydrogens is 344 g/mol. The molecule has 26 heavy (non-hydrogen) atoms. The first-order valence-electron chi connectivity index (χ1n) is 9.42. The van der Waals surface area contributed by atoms with Crippen LogP contribution in [0, 0.1) is 0 Å². The maximum Gasteiger partial charge on any atom is 0.222 e. The third-order valence-electron chi connectivity index (χ3n) is 4.96. The van der Waals surface area contributed by atoms with E-state index in [1.807, 2.05) is 23.7 Å². The summed E-state index contributed by atoms with van der Waals surface area (Å²) in [6, 6.07) is 8.55. The lowest BCUT2D eigenvalue weighted by Crippen LogP contribution is -2.50. The van der Waals surface area contributed by atoms with Crippen molar-refractivity contribution in [1.29, 1.82) is 0 Å². The van der Waals surface area contributed by atoms with Gasteiger partial charge in [0.15, 0.2) is 5.96 Å². The summed E-state index contributed by atoms with van der Waals surface area (Å²) in [6.45, 7) is 9.02. The van der Waals surface area contributed by atoms with E-state index in [1.54, 1.807) is 0 Å². The van der Waals surface area contributed by atoms with Crippen molar-refractivity contribution in [3.63, 3.8) is 0 Å². The van der Waals surface area contributed by atoms with Crippen LogP contribution < -0.4 is 5.32 Å². The molecule has 2 aliphatic rings. The summed E-state index contributed by atoms with van der Waals surface area (Å²) < 4.78 is 0.268. The van der Waals surface area contributed by atoms with Crippen molar-refractivity contribution in [2.45, 2.75) is 44.5 Å². The quantitative estimate of drug-likeness (QED) is 0.650. The number of rotatable bonds is 4. The summed E-state index contributed by atoms with van der Waals surface area (Å²) in [5.41, 5.74) is 2.43. The normalized spacial score (nSPS) is 20.6. The summed E-state index contributed by atoms with van der Waals surface area (Å²) in [4.78, 5) is 20.5. The average molecular weight is 375 g/mol. The lowest BCUT2D eigenvalue weighted by atomic mass is 10.1. The standard InChI is InChI=1S/C20H30N4OS/c1-20(2)15-24(11-12-26-20)19(21-3)22-13-16-6-8-17(9-7-16)14-23-10-4-5-18(23)25/h6-9H,4-5,10-15H2,1-3H3,(H,21,22). The third-order valence-corrected chi connectivity index (χ3v) is 6.25. The molecule has 1 N–H and O–H groups in total. The Balaban J connectivity index is 1.53. The third kappa shape index (κ3) is 4.93. The summed E-state index contributed by atoms with van der Waals surface area (Å²) in [6.07, 6.45) is 1.69. The van der Waals surface area contributed by atoms with Crippen LogP contribution in [0.25, 0.3) is 0 Å². The van der Waals surface area contributed by atoms with Crippen molar-refractivity contribution in [3.05, 3.63) is 35.4 Å². The van der Waals surface area contributed by atoms with Crippen LogP contribution >= 0.6 is 11.8 Å². The Morgan fingerprint density at radius 2 is 1.96 bits per heavy atom. The highest BCUT2D eigenvalue weighted by Crippen LogP contribution is 2.29. The fourth-order valence-electron chi connectivity index (χ4n) is 3.56. The van der Waals surface area contributed by atoms with Crippen LogP contribution in [0.1, 0.15) is 37.8 Å². The smallest absolute Gasteiger partial charge is 0.222 e. The Morgan fingerprint density at radius 1 is 1.23 bits per heavy atom. The predicted molar refractivity (Wildman–Crippen MR) is 109 cm³/mol. The Bertz CT molecular complexity index is 656.